The maximum Gasteiger partial charge on any atom is 0.175 e. The lowest BCUT2D eigenvalue weighted by molar-refractivity contribution is 0.356. The first-order valence-electron chi connectivity index (χ1n) is 9.64. The second kappa shape index (κ2) is 9.37. The van der Waals surface area contributed by atoms with Gasteiger partial charge in [-0.05, 0) is 46.2 Å². The van der Waals surface area contributed by atoms with Crippen LogP contribution in [-0.4, -0.2) is 42.6 Å². The van der Waals surface area contributed by atoms with Gasteiger partial charge < -0.3 is 15.0 Å². The molecule has 0 saturated heterocycles. The molecule has 3 N–H and O–H groups in total. The zero-order valence-electron chi connectivity index (χ0n) is 16.7. The molecular weight excluding hydrogens is 535 g/mol. The smallest absolute Gasteiger partial charge is 0.175 e. The molecule has 1 aromatic carbocycles. The highest BCUT2D eigenvalue weighted by Crippen LogP contribution is 2.38. The van der Waals surface area contributed by atoms with Gasteiger partial charge in [0.05, 0.1) is 17.6 Å². The van der Waals surface area contributed by atoms with E-state index in [1.54, 1.807) is 11.8 Å². The molecule has 0 saturated carbocycles. The summed E-state index contributed by atoms with van der Waals surface area (Å²) in [6.07, 6.45) is 2.39. The number of anilines is 1. The van der Waals surface area contributed by atoms with Crippen molar-refractivity contribution in [3.8, 4) is 5.75 Å². The minimum Gasteiger partial charge on any atom is -0.493 e. The number of nitrogens with zero attached hydrogens (tertiary/aromatic N) is 4. The van der Waals surface area contributed by atoms with E-state index in [1.807, 2.05) is 4.57 Å². The molecule has 11 heteroatoms. The summed E-state index contributed by atoms with van der Waals surface area (Å²) in [5, 5.41) is 0.768. The van der Waals surface area contributed by atoms with E-state index < -0.39 is 11.0 Å². The normalized spacial score (nSPS) is 14.3. The summed E-state index contributed by atoms with van der Waals surface area (Å²) in [4.78, 5) is 14.2. The molecule has 1 aliphatic rings. The summed E-state index contributed by atoms with van der Waals surface area (Å²) in [6.45, 7) is 5.94. The number of nitrogens with one attached hydrogen (secondary N) is 1. The van der Waals surface area contributed by atoms with Crippen molar-refractivity contribution in [2.75, 3.05) is 24.6 Å². The predicted molar refractivity (Wildman–Crippen MR) is 128 cm³/mol. The van der Waals surface area contributed by atoms with Crippen molar-refractivity contribution in [1.82, 2.24) is 24.2 Å². The number of imidazole rings is 1. The van der Waals surface area contributed by atoms with Crippen molar-refractivity contribution in [1.29, 1.82) is 0 Å². The number of hydrogen-bond donors (Lipinski definition) is 2. The highest BCUT2D eigenvalue weighted by molar-refractivity contribution is 14.1. The Kier molecular flexibility index (Phi) is 6.80. The van der Waals surface area contributed by atoms with E-state index in [-0.39, 0.29) is 0 Å². The molecule has 1 atom stereocenters. The first kappa shape index (κ1) is 21.8. The van der Waals surface area contributed by atoms with E-state index in [0.717, 1.165) is 32.4 Å². The number of rotatable bonds is 8. The molecule has 3 heterocycles. The summed E-state index contributed by atoms with van der Waals surface area (Å²) in [6, 6.07) is 4.24. The quantitative estimate of drug-likeness (QED) is 0.410. The summed E-state index contributed by atoms with van der Waals surface area (Å²) >= 11 is 3.90. The summed E-state index contributed by atoms with van der Waals surface area (Å²) in [7, 11) is -1.06. The minimum absolute atomic E-state index is 0.351. The number of halogens is 1. The third kappa shape index (κ3) is 4.73. The highest BCUT2D eigenvalue weighted by Gasteiger charge is 2.20. The first-order chi connectivity index (χ1) is 14.4. The van der Waals surface area contributed by atoms with Gasteiger partial charge >= 0.3 is 0 Å². The lowest BCUT2D eigenvalue weighted by Gasteiger charge is -2.11. The van der Waals surface area contributed by atoms with Gasteiger partial charge in [-0.3, -0.25) is 0 Å². The Morgan fingerprint density at radius 1 is 1.40 bits per heavy atom. The Balaban J connectivity index is 1.62. The van der Waals surface area contributed by atoms with Gasteiger partial charge in [-0.15, -0.1) is 0 Å². The van der Waals surface area contributed by atoms with Crippen molar-refractivity contribution in [2.45, 2.75) is 36.9 Å². The standard InChI is InChI=1S/C19H23IN6O2S2/c1-11(2)9-30(27)24-4-5-26-18-16(17(21)22-10-23-18)25-19(26)29-15-8-14-12(3-6-28-14)7-13(15)20/h7-8,10-11,24H,3-6,9H2,1-2H3,(H2,21,22,23). The van der Waals surface area contributed by atoms with Crippen LogP contribution in [-0.2, 0) is 24.0 Å². The van der Waals surface area contributed by atoms with Crippen LogP contribution in [0.3, 0.4) is 0 Å². The number of nitrogen functional groups attached to an aromatic ring is 1. The molecule has 1 unspecified atom stereocenters. The maximum absolute atomic E-state index is 12.1. The SMILES string of the molecule is CC(C)CS(=O)NCCn1c(Sc2cc3c(cc2I)CCO3)nc2c(N)ncnc21. The van der Waals surface area contributed by atoms with E-state index in [1.165, 1.54) is 11.9 Å². The van der Waals surface area contributed by atoms with Gasteiger partial charge in [0, 0.05) is 33.7 Å². The molecule has 1 aliphatic heterocycles. The summed E-state index contributed by atoms with van der Waals surface area (Å²) in [5.41, 5.74) is 8.54. The van der Waals surface area contributed by atoms with E-state index in [2.05, 4.69) is 63.3 Å². The van der Waals surface area contributed by atoms with Gasteiger partial charge in [-0.1, -0.05) is 25.6 Å². The van der Waals surface area contributed by atoms with Crippen LogP contribution in [0.4, 0.5) is 5.82 Å². The number of nitrogens with two attached hydrogens (primary N) is 1. The zero-order valence-corrected chi connectivity index (χ0v) is 20.5. The number of fused-ring (bicyclic) bond motifs is 2. The average Bonchev–Trinajstić information content (AvgIpc) is 3.27. The van der Waals surface area contributed by atoms with E-state index in [9.17, 15) is 4.21 Å². The van der Waals surface area contributed by atoms with Gasteiger partial charge in [0.25, 0.3) is 0 Å². The molecule has 3 aromatic rings. The number of hydrogen-bond acceptors (Lipinski definition) is 7. The van der Waals surface area contributed by atoms with Crippen LogP contribution in [0.2, 0.25) is 0 Å². The fourth-order valence-corrected chi connectivity index (χ4v) is 6.05. The Bertz CT molecular complexity index is 1100. The van der Waals surface area contributed by atoms with Crippen LogP contribution in [0, 0.1) is 9.49 Å². The molecule has 0 bridgehead atoms. The number of ether oxygens (including phenoxy) is 1. The Labute approximate surface area is 195 Å². The van der Waals surface area contributed by atoms with Gasteiger partial charge in [0.15, 0.2) is 22.1 Å². The number of benzene rings is 1. The maximum atomic E-state index is 12.1. The lowest BCUT2D eigenvalue weighted by Crippen LogP contribution is -2.26. The topological polar surface area (TPSA) is 108 Å². The third-order valence-corrected chi connectivity index (χ3v) is 8.36. The first-order valence-corrected chi connectivity index (χ1v) is 12.9. The highest BCUT2D eigenvalue weighted by atomic mass is 127. The molecule has 0 amide bonds. The van der Waals surface area contributed by atoms with Crippen molar-refractivity contribution >= 4 is 62.3 Å². The van der Waals surface area contributed by atoms with E-state index in [4.69, 9.17) is 15.5 Å². The fourth-order valence-electron chi connectivity index (χ4n) is 3.20. The van der Waals surface area contributed by atoms with Gasteiger partial charge in [-0.25, -0.2) is 23.9 Å². The zero-order chi connectivity index (χ0) is 21.3. The van der Waals surface area contributed by atoms with Crippen LogP contribution in [0.1, 0.15) is 19.4 Å². The van der Waals surface area contributed by atoms with Gasteiger partial charge in [-0.2, -0.15) is 0 Å². The lowest BCUT2D eigenvalue weighted by atomic mass is 10.2. The van der Waals surface area contributed by atoms with Gasteiger partial charge in [0.1, 0.15) is 12.1 Å². The largest absolute Gasteiger partial charge is 0.493 e. The molecule has 8 nitrogen and oxygen atoms in total. The third-order valence-electron chi connectivity index (χ3n) is 4.55. The monoisotopic (exact) mass is 558 g/mol. The van der Waals surface area contributed by atoms with Crippen LogP contribution in [0.15, 0.2) is 28.5 Å². The second-order valence-corrected chi connectivity index (χ2v) is 10.9. The van der Waals surface area contributed by atoms with Crippen molar-refractivity contribution < 1.29 is 8.95 Å². The summed E-state index contributed by atoms with van der Waals surface area (Å²) < 4.78 is 24.1. The number of aromatic nitrogens is 4. The molecule has 0 aliphatic carbocycles. The van der Waals surface area contributed by atoms with Crippen molar-refractivity contribution in [3.63, 3.8) is 0 Å². The Morgan fingerprint density at radius 2 is 2.23 bits per heavy atom. The molecule has 4 rings (SSSR count). The molecule has 0 radical (unpaired) electrons. The Morgan fingerprint density at radius 3 is 3.03 bits per heavy atom. The average molecular weight is 558 g/mol. The molecule has 30 heavy (non-hydrogen) atoms. The summed E-state index contributed by atoms with van der Waals surface area (Å²) in [5.74, 6) is 2.28. The van der Waals surface area contributed by atoms with Crippen molar-refractivity contribution in [2.24, 2.45) is 5.92 Å². The predicted octanol–water partition coefficient (Wildman–Crippen LogP) is 3.01. The fraction of sp³-hybridized carbons (Fsp3) is 0.421. The van der Waals surface area contributed by atoms with Gasteiger partial charge in [0.2, 0.25) is 0 Å². The van der Waals surface area contributed by atoms with Crippen LogP contribution >= 0.6 is 34.4 Å². The molecule has 0 spiro atoms. The Hall–Kier alpha value is -1.44. The van der Waals surface area contributed by atoms with Crippen LogP contribution < -0.4 is 15.2 Å². The molecule has 160 valence electrons. The van der Waals surface area contributed by atoms with Crippen LogP contribution in [0.5, 0.6) is 5.75 Å². The minimum atomic E-state index is -1.06. The van der Waals surface area contributed by atoms with E-state index >= 15 is 0 Å². The molecule has 2 aromatic heterocycles. The second-order valence-electron chi connectivity index (χ2n) is 7.37. The van der Waals surface area contributed by atoms with E-state index in [0.29, 0.717) is 41.7 Å². The van der Waals surface area contributed by atoms with Crippen LogP contribution in [0.25, 0.3) is 11.2 Å². The molecular formula is C19H23IN6O2S2. The molecule has 0 fully saturated rings. The van der Waals surface area contributed by atoms with Crippen molar-refractivity contribution in [3.05, 3.63) is 27.6 Å².